The summed E-state index contributed by atoms with van der Waals surface area (Å²) in [7, 11) is 0. The first-order valence-corrected chi connectivity index (χ1v) is 11.0. The summed E-state index contributed by atoms with van der Waals surface area (Å²) in [5.41, 5.74) is 10.6. The molecular formula is C22H31ClN4O3S. The number of thiazole rings is 1. The zero-order valence-corrected chi connectivity index (χ0v) is 19.9. The van der Waals surface area contributed by atoms with Crippen molar-refractivity contribution in [1.29, 1.82) is 0 Å². The van der Waals surface area contributed by atoms with Gasteiger partial charge in [-0.15, -0.1) is 23.7 Å². The standard InChI is InChI=1S/C22H30N4O3S.ClH/c1-13-18(30-12-25-13)15-7-5-14(6-8-15)10-24-20(28)17-9-16(27)11-26(17)21(29)19(23)22(2,3)4;/h5-8,12,16-17,19,27H,9-11,23H2,1-4H3,(H,24,28);1H/t16-,17-,19-;/m1./s1. The number of halogens is 1. The number of carbonyl (C=O) groups is 2. The molecule has 2 aromatic rings. The molecule has 31 heavy (non-hydrogen) atoms. The molecule has 0 unspecified atom stereocenters. The molecule has 7 nitrogen and oxygen atoms in total. The van der Waals surface area contributed by atoms with Crippen molar-refractivity contribution in [3.05, 3.63) is 41.0 Å². The molecule has 1 aromatic carbocycles. The van der Waals surface area contributed by atoms with Crippen LogP contribution in [0.1, 0.15) is 38.4 Å². The molecule has 0 spiro atoms. The molecule has 2 amide bonds. The van der Waals surface area contributed by atoms with Crippen LogP contribution in [0, 0.1) is 12.3 Å². The Kier molecular flexibility index (Phi) is 8.21. The average molecular weight is 467 g/mol. The predicted molar refractivity (Wildman–Crippen MR) is 125 cm³/mol. The Labute approximate surface area is 193 Å². The van der Waals surface area contributed by atoms with Crippen LogP contribution >= 0.6 is 23.7 Å². The number of aromatic nitrogens is 1. The maximum atomic E-state index is 12.8. The van der Waals surface area contributed by atoms with Crippen LogP contribution in [0.2, 0.25) is 0 Å². The average Bonchev–Trinajstić information content (AvgIpc) is 3.30. The van der Waals surface area contributed by atoms with Crippen LogP contribution in [-0.4, -0.2) is 51.5 Å². The molecule has 3 atom stereocenters. The fourth-order valence-electron chi connectivity index (χ4n) is 3.51. The number of benzene rings is 1. The van der Waals surface area contributed by atoms with Gasteiger partial charge in [0.15, 0.2) is 0 Å². The lowest BCUT2D eigenvalue weighted by Gasteiger charge is -2.32. The van der Waals surface area contributed by atoms with E-state index in [-0.39, 0.29) is 37.2 Å². The number of nitrogens with two attached hydrogens (primary N) is 1. The van der Waals surface area contributed by atoms with E-state index in [2.05, 4.69) is 10.3 Å². The number of rotatable bonds is 5. The van der Waals surface area contributed by atoms with Gasteiger partial charge in [0.25, 0.3) is 0 Å². The molecule has 170 valence electrons. The Morgan fingerprint density at radius 1 is 1.32 bits per heavy atom. The number of nitrogens with one attached hydrogen (secondary N) is 1. The number of amides is 2. The van der Waals surface area contributed by atoms with Gasteiger partial charge in [0.2, 0.25) is 11.8 Å². The summed E-state index contributed by atoms with van der Waals surface area (Å²) in [6.07, 6.45) is -0.503. The number of nitrogens with zero attached hydrogens (tertiary/aromatic N) is 2. The zero-order valence-electron chi connectivity index (χ0n) is 18.3. The highest BCUT2D eigenvalue weighted by Crippen LogP contribution is 2.27. The van der Waals surface area contributed by atoms with E-state index < -0.39 is 23.6 Å². The van der Waals surface area contributed by atoms with Gasteiger partial charge in [-0.25, -0.2) is 4.98 Å². The smallest absolute Gasteiger partial charge is 0.243 e. The Balaban J connectivity index is 0.00000341. The minimum atomic E-state index is -0.735. The van der Waals surface area contributed by atoms with Crippen LogP contribution < -0.4 is 11.1 Å². The Hall–Kier alpha value is -2.00. The summed E-state index contributed by atoms with van der Waals surface area (Å²) in [6, 6.07) is 6.52. The van der Waals surface area contributed by atoms with Gasteiger partial charge < -0.3 is 21.1 Å². The van der Waals surface area contributed by atoms with E-state index in [1.54, 1.807) is 11.3 Å². The lowest BCUT2D eigenvalue weighted by molar-refractivity contribution is -0.141. The van der Waals surface area contributed by atoms with Crippen molar-refractivity contribution in [2.45, 2.75) is 58.8 Å². The van der Waals surface area contributed by atoms with Gasteiger partial charge in [0.05, 0.1) is 28.2 Å². The Morgan fingerprint density at radius 3 is 2.52 bits per heavy atom. The maximum absolute atomic E-state index is 12.8. The minimum Gasteiger partial charge on any atom is -0.391 e. The highest BCUT2D eigenvalue weighted by Gasteiger charge is 2.42. The third-order valence-electron chi connectivity index (χ3n) is 5.49. The van der Waals surface area contributed by atoms with Gasteiger partial charge in [-0.2, -0.15) is 0 Å². The van der Waals surface area contributed by atoms with Crippen LogP contribution in [-0.2, 0) is 16.1 Å². The Morgan fingerprint density at radius 2 is 1.97 bits per heavy atom. The molecule has 2 heterocycles. The Bertz CT molecular complexity index is 910. The lowest BCUT2D eigenvalue weighted by Crippen LogP contribution is -2.54. The zero-order chi connectivity index (χ0) is 22.1. The molecule has 3 rings (SSSR count). The maximum Gasteiger partial charge on any atom is 0.243 e. The molecule has 1 saturated heterocycles. The van der Waals surface area contributed by atoms with E-state index in [1.165, 1.54) is 4.90 Å². The highest BCUT2D eigenvalue weighted by atomic mass is 35.5. The molecule has 1 aliphatic heterocycles. The first-order valence-electron chi connectivity index (χ1n) is 10.1. The molecule has 1 aromatic heterocycles. The molecule has 0 bridgehead atoms. The van der Waals surface area contributed by atoms with Gasteiger partial charge in [-0.1, -0.05) is 45.0 Å². The van der Waals surface area contributed by atoms with Crippen LogP contribution in [0.4, 0.5) is 0 Å². The molecule has 0 radical (unpaired) electrons. The van der Waals surface area contributed by atoms with Crippen molar-refractivity contribution < 1.29 is 14.7 Å². The summed E-state index contributed by atoms with van der Waals surface area (Å²) in [6.45, 7) is 8.11. The van der Waals surface area contributed by atoms with Crippen molar-refractivity contribution >= 4 is 35.6 Å². The quantitative estimate of drug-likeness (QED) is 0.627. The number of likely N-dealkylation sites (tertiary alicyclic amines) is 1. The van der Waals surface area contributed by atoms with Gasteiger partial charge in [0, 0.05) is 19.5 Å². The van der Waals surface area contributed by atoms with Crippen LogP contribution in [0.15, 0.2) is 29.8 Å². The molecule has 0 aliphatic carbocycles. The second kappa shape index (κ2) is 10.1. The lowest BCUT2D eigenvalue weighted by atomic mass is 9.86. The van der Waals surface area contributed by atoms with Crippen LogP contribution in [0.25, 0.3) is 10.4 Å². The predicted octanol–water partition coefficient (Wildman–Crippen LogP) is 2.49. The van der Waals surface area contributed by atoms with Crippen LogP contribution in [0.3, 0.4) is 0 Å². The number of β-amino-alcohol motifs (C(OH)–C–C–N with tert-alkyl or cyclic N) is 1. The highest BCUT2D eigenvalue weighted by molar-refractivity contribution is 7.13. The van der Waals surface area contributed by atoms with E-state index in [0.29, 0.717) is 6.54 Å². The van der Waals surface area contributed by atoms with Crippen molar-refractivity contribution in [2.24, 2.45) is 11.1 Å². The summed E-state index contributed by atoms with van der Waals surface area (Å²) in [5.74, 6) is -0.577. The van der Waals surface area contributed by atoms with Gasteiger partial charge in [-0.3, -0.25) is 9.59 Å². The molecule has 1 aliphatic rings. The van der Waals surface area contributed by atoms with E-state index in [0.717, 1.165) is 21.7 Å². The third-order valence-corrected chi connectivity index (χ3v) is 6.47. The van der Waals surface area contributed by atoms with E-state index in [4.69, 9.17) is 5.73 Å². The molecule has 1 fully saturated rings. The number of hydrogen-bond acceptors (Lipinski definition) is 6. The van der Waals surface area contributed by atoms with Crippen molar-refractivity contribution in [1.82, 2.24) is 15.2 Å². The monoisotopic (exact) mass is 466 g/mol. The summed E-state index contributed by atoms with van der Waals surface area (Å²) in [5, 5.41) is 13.0. The number of carbonyl (C=O) groups excluding carboxylic acids is 2. The molecule has 9 heteroatoms. The SMILES string of the molecule is Cc1ncsc1-c1ccc(CNC(=O)[C@H]2C[C@@H](O)CN2C(=O)[C@@H](N)C(C)(C)C)cc1.Cl. The number of aliphatic hydroxyl groups excluding tert-OH is 1. The summed E-state index contributed by atoms with van der Waals surface area (Å²) in [4.78, 5) is 32.4. The first kappa shape index (κ1) is 25.3. The minimum absolute atomic E-state index is 0. The topological polar surface area (TPSA) is 109 Å². The molecule has 0 saturated carbocycles. The fourth-order valence-corrected chi connectivity index (χ4v) is 4.33. The van der Waals surface area contributed by atoms with E-state index in [1.807, 2.05) is 57.5 Å². The fraction of sp³-hybridized carbons (Fsp3) is 0.500. The van der Waals surface area contributed by atoms with E-state index >= 15 is 0 Å². The third kappa shape index (κ3) is 5.83. The van der Waals surface area contributed by atoms with Gasteiger partial charge in [-0.05, 0) is 23.5 Å². The first-order chi connectivity index (χ1) is 14.1. The van der Waals surface area contributed by atoms with Gasteiger partial charge >= 0.3 is 0 Å². The normalized spacial score (nSPS) is 19.6. The summed E-state index contributed by atoms with van der Waals surface area (Å²) >= 11 is 1.60. The van der Waals surface area contributed by atoms with Crippen molar-refractivity contribution in [2.75, 3.05) is 6.54 Å². The summed E-state index contributed by atoms with van der Waals surface area (Å²) < 4.78 is 0. The van der Waals surface area contributed by atoms with Crippen LogP contribution in [0.5, 0.6) is 0 Å². The number of hydrogen-bond donors (Lipinski definition) is 3. The molecule has 4 N–H and O–H groups in total. The second-order valence-electron chi connectivity index (χ2n) is 8.92. The largest absolute Gasteiger partial charge is 0.391 e. The molecular weight excluding hydrogens is 436 g/mol. The van der Waals surface area contributed by atoms with Crippen molar-refractivity contribution in [3.63, 3.8) is 0 Å². The van der Waals surface area contributed by atoms with Gasteiger partial charge in [0.1, 0.15) is 6.04 Å². The number of aliphatic hydroxyl groups is 1. The second-order valence-corrected chi connectivity index (χ2v) is 9.78. The van der Waals surface area contributed by atoms with E-state index in [9.17, 15) is 14.7 Å². The van der Waals surface area contributed by atoms with Crippen molar-refractivity contribution in [3.8, 4) is 10.4 Å². The number of aryl methyl sites for hydroxylation is 1.